The van der Waals surface area contributed by atoms with Crippen LogP contribution in [0.2, 0.25) is 0 Å². The zero-order valence-electron chi connectivity index (χ0n) is 12.9. The Morgan fingerprint density at radius 3 is 2.59 bits per heavy atom. The van der Waals surface area contributed by atoms with Gasteiger partial charge in [-0.3, -0.25) is 9.59 Å². The number of carboxylic acids is 1. The smallest absolute Gasteiger partial charge is 0.343 e. The molecule has 2 amide bonds. The molecule has 2 rings (SSSR count). The van der Waals surface area contributed by atoms with Crippen LogP contribution in [0, 0.1) is 5.92 Å². The number of carbonyl (C=O) groups excluding carboxylic acids is 2. The van der Waals surface area contributed by atoms with Gasteiger partial charge in [0.1, 0.15) is 0 Å². The lowest BCUT2D eigenvalue weighted by molar-refractivity contribution is -0.150. The van der Waals surface area contributed by atoms with Crippen molar-refractivity contribution >= 4 is 17.8 Å². The molecule has 0 aromatic heterocycles. The van der Waals surface area contributed by atoms with E-state index in [9.17, 15) is 18.8 Å². The zero-order chi connectivity index (χ0) is 16.3. The van der Waals surface area contributed by atoms with Crippen LogP contribution in [0.3, 0.4) is 0 Å². The lowest BCUT2D eigenvalue weighted by Gasteiger charge is -2.34. The molecule has 2 aliphatic rings. The van der Waals surface area contributed by atoms with Crippen molar-refractivity contribution in [3.8, 4) is 0 Å². The molecule has 1 N–H and O–H groups in total. The molecule has 0 saturated carbocycles. The molecule has 2 saturated heterocycles. The SMILES string of the molecule is CCCC(=O)N1CCC[C@H](C(=O)N2CC[C@](F)(C(=O)O)C2)C1. The van der Waals surface area contributed by atoms with Crippen LogP contribution in [0.15, 0.2) is 0 Å². The van der Waals surface area contributed by atoms with Crippen molar-refractivity contribution in [2.75, 3.05) is 26.2 Å². The molecule has 2 atom stereocenters. The molecule has 22 heavy (non-hydrogen) atoms. The Kier molecular flexibility index (Phi) is 5.03. The summed E-state index contributed by atoms with van der Waals surface area (Å²) in [6.45, 7) is 2.69. The Balaban J connectivity index is 1.95. The van der Waals surface area contributed by atoms with Gasteiger partial charge in [0.05, 0.1) is 12.5 Å². The van der Waals surface area contributed by atoms with E-state index < -0.39 is 11.6 Å². The number of halogens is 1. The van der Waals surface area contributed by atoms with Crippen molar-refractivity contribution in [2.24, 2.45) is 5.92 Å². The van der Waals surface area contributed by atoms with E-state index in [1.54, 1.807) is 4.90 Å². The number of nitrogens with zero attached hydrogens (tertiary/aromatic N) is 2. The summed E-state index contributed by atoms with van der Waals surface area (Å²) in [5.74, 6) is -2.03. The van der Waals surface area contributed by atoms with E-state index in [2.05, 4.69) is 0 Å². The van der Waals surface area contributed by atoms with Crippen LogP contribution in [0.5, 0.6) is 0 Å². The van der Waals surface area contributed by atoms with Crippen molar-refractivity contribution in [3.63, 3.8) is 0 Å². The number of rotatable bonds is 4. The molecule has 0 unspecified atom stereocenters. The van der Waals surface area contributed by atoms with Crippen molar-refractivity contribution in [3.05, 3.63) is 0 Å². The van der Waals surface area contributed by atoms with Gasteiger partial charge in [-0.25, -0.2) is 9.18 Å². The molecular formula is C15H23FN2O4. The fourth-order valence-corrected chi connectivity index (χ4v) is 3.17. The van der Waals surface area contributed by atoms with E-state index in [0.29, 0.717) is 25.9 Å². The average molecular weight is 314 g/mol. The quantitative estimate of drug-likeness (QED) is 0.841. The molecule has 0 bridgehead atoms. The van der Waals surface area contributed by atoms with Gasteiger partial charge in [-0.05, 0) is 19.3 Å². The second-order valence-electron chi connectivity index (χ2n) is 6.21. The van der Waals surface area contributed by atoms with Crippen molar-refractivity contribution in [2.45, 2.75) is 44.7 Å². The Bertz CT molecular complexity index is 470. The van der Waals surface area contributed by atoms with Crippen molar-refractivity contribution in [1.82, 2.24) is 9.80 Å². The van der Waals surface area contributed by atoms with Crippen molar-refractivity contribution < 1.29 is 23.9 Å². The van der Waals surface area contributed by atoms with Gasteiger partial charge >= 0.3 is 5.97 Å². The topological polar surface area (TPSA) is 77.9 Å². The van der Waals surface area contributed by atoms with Gasteiger partial charge in [0.15, 0.2) is 0 Å². The first kappa shape index (κ1) is 16.7. The normalized spacial score (nSPS) is 28.7. The highest BCUT2D eigenvalue weighted by Crippen LogP contribution is 2.29. The molecule has 0 aromatic carbocycles. The first-order valence-electron chi connectivity index (χ1n) is 7.86. The lowest BCUT2D eigenvalue weighted by Crippen LogP contribution is -2.47. The standard InChI is InChI=1S/C15H23FN2O4/c1-2-4-12(19)17-7-3-5-11(9-17)13(20)18-8-6-15(16,10-18)14(21)22/h11H,2-10H2,1H3,(H,21,22)/t11-,15+/m0/s1. The number of amides is 2. The molecule has 0 aliphatic carbocycles. The number of alkyl halides is 1. The second-order valence-corrected chi connectivity index (χ2v) is 6.21. The number of hydrogen-bond donors (Lipinski definition) is 1. The van der Waals surface area contributed by atoms with E-state index in [0.717, 1.165) is 12.8 Å². The molecule has 124 valence electrons. The van der Waals surface area contributed by atoms with Crippen LogP contribution in [0.1, 0.15) is 39.0 Å². The number of hydrogen-bond acceptors (Lipinski definition) is 3. The fourth-order valence-electron chi connectivity index (χ4n) is 3.17. The average Bonchev–Trinajstić information content (AvgIpc) is 2.91. The van der Waals surface area contributed by atoms with Gasteiger partial charge in [-0.1, -0.05) is 6.92 Å². The summed E-state index contributed by atoms with van der Waals surface area (Å²) in [5, 5.41) is 8.89. The summed E-state index contributed by atoms with van der Waals surface area (Å²) in [5.41, 5.74) is -2.33. The van der Waals surface area contributed by atoms with Gasteiger partial charge in [-0.15, -0.1) is 0 Å². The first-order valence-corrected chi connectivity index (χ1v) is 7.86. The van der Waals surface area contributed by atoms with Crippen LogP contribution < -0.4 is 0 Å². The van der Waals surface area contributed by atoms with Crippen LogP contribution in [-0.4, -0.2) is 64.5 Å². The summed E-state index contributed by atoms with van der Waals surface area (Å²) in [6.07, 6.45) is 2.48. The minimum absolute atomic E-state index is 0.0480. The van der Waals surface area contributed by atoms with Crippen LogP contribution in [0.4, 0.5) is 4.39 Å². The monoisotopic (exact) mass is 314 g/mol. The predicted octanol–water partition coefficient (Wildman–Crippen LogP) is 1.05. The van der Waals surface area contributed by atoms with Crippen LogP contribution >= 0.6 is 0 Å². The summed E-state index contributed by atoms with van der Waals surface area (Å²) in [6, 6.07) is 0. The predicted molar refractivity (Wildman–Crippen MR) is 76.9 cm³/mol. The maximum absolute atomic E-state index is 14.1. The minimum atomic E-state index is -2.33. The summed E-state index contributed by atoms with van der Waals surface area (Å²) in [4.78, 5) is 38.3. The molecule has 0 radical (unpaired) electrons. The zero-order valence-corrected chi connectivity index (χ0v) is 12.9. The Morgan fingerprint density at radius 1 is 1.27 bits per heavy atom. The van der Waals surface area contributed by atoms with Gasteiger partial charge < -0.3 is 14.9 Å². The van der Waals surface area contributed by atoms with E-state index in [-0.39, 0.29) is 37.2 Å². The second kappa shape index (κ2) is 6.62. The lowest BCUT2D eigenvalue weighted by atomic mass is 9.96. The molecule has 0 spiro atoms. The Hall–Kier alpha value is -1.66. The summed E-state index contributed by atoms with van der Waals surface area (Å²) < 4.78 is 14.1. The molecular weight excluding hydrogens is 291 g/mol. The highest BCUT2D eigenvalue weighted by Gasteiger charge is 2.48. The number of carboxylic acid groups (broad SMARTS) is 1. The molecule has 6 nitrogen and oxygen atoms in total. The number of piperidine rings is 1. The summed E-state index contributed by atoms with van der Waals surface area (Å²) >= 11 is 0. The summed E-state index contributed by atoms with van der Waals surface area (Å²) in [7, 11) is 0. The fraction of sp³-hybridized carbons (Fsp3) is 0.800. The van der Waals surface area contributed by atoms with Gasteiger partial charge in [0.2, 0.25) is 17.5 Å². The van der Waals surface area contributed by atoms with Gasteiger partial charge in [0, 0.05) is 32.5 Å². The molecule has 7 heteroatoms. The molecule has 2 heterocycles. The molecule has 2 fully saturated rings. The third-order valence-corrected chi connectivity index (χ3v) is 4.50. The Labute approximate surface area is 129 Å². The minimum Gasteiger partial charge on any atom is -0.479 e. The Morgan fingerprint density at radius 2 is 2.00 bits per heavy atom. The van der Waals surface area contributed by atoms with Crippen LogP contribution in [0.25, 0.3) is 0 Å². The maximum atomic E-state index is 14.1. The first-order chi connectivity index (χ1) is 10.4. The van der Waals surface area contributed by atoms with Crippen LogP contribution in [-0.2, 0) is 14.4 Å². The largest absolute Gasteiger partial charge is 0.479 e. The maximum Gasteiger partial charge on any atom is 0.343 e. The third-order valence-electron chi connectivity index (χ3n) is 4.50. The highest BCUT2D eigenvalue weighted by atomic mass is 19.1. The molecule has 0 aromatic rings. The third kappa shape index (κ3) is 3.39. The van der Waals surface area contributed by atoms with E-state index in [1.807, 2.05) is 6.92 Å². The highest BCUT2D eigenvalue weighted by molar-refractivity contribution is 5.84. The number of aliphatic carboxylic acids is 1. The van der Waals surface area contributed by atoms with E-state index in [4.69, 9.17) is 5.11 Å². The van der Waals surface area contributed by atoms with Crippen molar-refractivity contribution in [1.29, 1.82) is 0 Å². The van der Waals surface area contributed by atoms with E-state index in [1.165, 1.54) is 4.90 Å². The number of carbonyl (C=O) groups is 3. The van der Waals surface area contributed by atoms with Gasteiger partial charge in [-0.2, -0.15) is 0 Å². The van der Waals surface area contributed by atoms with Gasteiger partial charge in [0.25, 0.3) is 0 Å². The molecule has 2 aliphatic heterocycles. The van der Waals surface area contributed by atoms with E-state index >= 15 is 0 Å². The number of likely N-dealkylation sites (tertiary alicyclic amines) is 2.